The molecule has 11 nitrogen and oxygen atoms in total. The summed E-state index contributed by atoms with van der Waals surface area (Å²) in [5, 5.41) is 12.0. The number of hydrogen-bond donors (Lipinski definition) is 2. The van der Waals surface area contributed by atoms with Crippen LogP contribution in [0.5, 0.6) is 0 Å². The van der Waals surface area contributed by atoms with Gasteiger partial charge in [-0.1, -0.05) is 30.3 Å². The van der Waals surface area contributed by atoms with Crippen LogP contribution in [-0.2, 0) is 40.0 Å². The van der Waals surface area contributed by atoms with Crippen molar-refractivity contribution < 1.29 is 43.3 Å². The number of hydrogen-bond acceptors (Lipinski definition) is 8. The van der Waals surface area contributed by atoms with Crippen molar-refractivity contribution in [2.45, 2.75) is 51.8 Å². The fourth-order valence-electron chi connectivity index (χ4n) is 3.63. The summed E-state index contributed by atoms with van der Waals surface area (Å²) in [4.78, 5) is 63.0. The van der Waals surface area contributed by atoms with E-state index in [2.05, 4.69) is 5.32 Å². The first-order valence-electron chi connectivity index (χ1n) is 11.1. The average molecular weight is 478 g/mol. The minimum absolute atomic E-state index is 0.0206. The molecule has 0 saturated carbocycles. The summed E-state index contributed by atoms with van der Waals surface area (Å²) >= 11 is 0. The van der Waals surface area contributed by atoms with Gasteiger partial charge >= 0.3 is 24.0 Å². The first-order valence-corrected chi connectivity index (χ1v) is 11.1. The predicted octanol–water partition coefficient (Wildman–Crippen LogP) is 1.49. The van der Waals surface area contributed by atoms with Crippen molar-refractivity contribution >= 4 is 29.9 Å². The number of carboxylic acids is 1. The van der Waals surface area contributed by atoms with E-state index in [1.807, 2.05) is 6.07 Å². The first-order chi connectivity index (χ1) is 16.3. The third kappa shape index (κ3) is 7.46. The molecule has 11 heteroatoms. The number of carbonyl (C=O) groups is 5. The molecule has 1 aromatic rings. The number of carbonyl (C=O) groups excluding carboxylic acids is 4. The highest BCUT2D eigenvalue weighted by atomic mass is 16.6. The zero-order valence-corrected chi connectivity index (χ0v) is 19.2. The van der Waals surface area contributed by atoms with Crippen LogP contribution in [0.1, 0.15) is 38.7 Å². The Morgan fingerprint density at radius 1 is 1.06 bits per heavy atom. The van der Waals surface area contributed by atoms with Crippen molar-refractivity contribution in [2.24, 2.45) is 5.92 Å². The van der Waals surface area contributed by atoms with Crippen molar-refractivity contribution in [3.05, 3.63) is 35.9 Å². The highest BCUT2D eigenvalue weighted by Gasteiger charge is 2.42. The molecular weight excluding hydrogens is 448 g/mol. The molecule has 1 saturated heterocycles. The minimum atomic E-state index is -1.75. The molecule has 186 valence electrons. The fraction of sp³-hybridized carbons (Fsp3) is 0.522. The van der Waals surface area contributed by atoms with Crippen molar-refractivity contribution in [1.82, 2.24) is 10.2 Å². The molecule has 1 aliphatic heterocycles. The number of rotatable bonds is 11. The van der Waals surface area contributed by atoms with E-state index in [1.54, 1.807) is 31.2 Å². The maximum Gasteiger partial charge on any atom is 0.410 e. The van der Waals surface area contributed by atoms with E-state index in [-0.39, 0.29) is 26.4 Å². The Hall–Kier alpha value is -3.63. The van der Waals surface area contributed by atoms with Crippen LogP contribution in [0.2, 0.25) is 0 Å². The molecule has 2 rings (SSSR count). The molecule has 0 aliphatic carbocycles. The van der Waals surface area contributed by atoms with Gasteiger partial charge in [0.05, 0.1) is 25.6 Å². The first kappa shape index (κ1) is 26.6. The molecule has 0 radical (unpaired) electrons. The van der Waals surface area contributed by atoms with E-state index in [0.29, 0.717) is 12.8 Å². The SMILES string of the molecule is CCOC(=O)C[C@@H](C(=O)OCC)[C@H](NC(=O)[C@H]1CCCN1C(=O)OCc1ccccc1)C(=O)O. The summed E-state index contributed by atoms with van der Waals surface area (Å²) in [5.74, 6) is -5.53. The summed E-state index contributed by atoms with van der Waals surface area (Å²) in [6.07, 6.45) is -0.486. The maximum atomic E-state index is 13.0. The zero-order valence-electron chi connectivity index (χ0n) is 19.2. The van der Waals surface area contributed by atoms with Gasteiger partial charge in [0.1, 0.15) is 18.7 Å². The molecule has 34 heavy (non-hydrogen) atoms. The molecule has 1 heterocycles. The summed E-state index contributed by atoms with van der Waals surface area (Å²) in [7, 11) is 0. The van der Waals surface area contributed by atoms with Gasteiger partial charge in [0.2, 0.25) is 5.91 Å². The van der Waals surface area contributed by atoms with Gasteiger partial charge in [-0.25, -0.2) is 9.59 Å². The molecule has 1 fully saturated rings. The van der Waals surface area contributed by atoms with E-state index < -0.39 is 54.3 Å². The van der Waals surface area contributed by atoms with Gasteiger partial charge < -0.3 is 24.6 Å². The van der Waals surface area contributed by atoms with Crippen molar-refractivity contribution in [2.75, 3.05) is 19.8 Å². The van der Waals surface area contributed by atoms with E-state index in [1.165, 1.54) is 11.8 Å². The van der Waals surface area contributed by atoms with Crippen molar-refractivity contribution in [3.8, 4) is 0 Å². The lowest BCUT2D eigenvalue weighted by Crippen LogP contribution is -2.55. The smallest absolute Gasteiger partial charge is 0.410 e. The summed E-state index contributed by atoms with van der Waals surface area (Å²) < 4.78 is 15.0. The van der Waals surface area contributed by atoms with Crippen LogP contribution < -0.4 is 5.32 Å². The molecule has 1 aromatic carbocycles. The van der Waals surface area contributed by atoms with E-state index in [9.17, 15) is 29.1 Å². The second-order valence-corrected chi connectivity index (χ2v) is 7.58. The van der Waals surface area contributed by atoms with E-state index >= 15 is 0 Å². The van der Waals surface area contributed by atoms with Crippen LogP contribution in [0.25, 0.3) is 0 Å². The summed E-state index contributed by atoms with van der Waals surface area (Å²) in [6, 6.07) is 6.29. The van der Waals surface area contributed by atoms with Gasteiger partial charge in [0.25, 0.3) is 0 Å². The Kier molecular flexibility index (Phi) is 10.3. The maximum absolute atomic E-state index is 13.0. The largest absolute Gasteiger partial charge is 0.480 e. The third-order valence-corrected chi connectivity index (χ3v) is 5.24. The van der Waals surface area contributed by atoms with Gasteiger partial charge in [0.15, 0.2) is 0 Å². The lowest BCUT2D eigenvalue weighted by atomic mass is 9.95. The molecule has 0 bridgehead atoms. The Bertz CT molecular complexity index is 874. The minimum Gasteiger partial charge on any atom is -0.480 e. The molecule has 0 unspecified atom stereocenters. The van der Waals surface area contributed by atoms with Crippen molar-refractivity contribution in [3.63, 3.8) is 0 Å². The van der Waals surface area contributed by atoms with Crippen molar-refractivity contribution in [1.29, 1.82) is 0 Å². The highest BCUT2D eigenvalue weighted by Crippen LogP contribution is 2.21. The Morgan fingerprint density at radius 2 is 1.74 bits per heavy atom. The van der Waals surface area contributed by atoms with Gasteiger partial charge in [-0.05, 0) is 32.3 Å². The number of benzene rings is 1. The van der Waals surface area contributed by atoms with Crippen LogP contribution >= 0.6 is 0 Å². The average Bonchev–Trinajstić information content (AvgIpc) is 3.30. The molecule has 0 spiro atoms. The topological polar surface area (TPSA) is 149 Å². The zero-order chi connectivity index (χ0) is 25.1. The Morgan fingerprint density at radius 3 is 2.35 bits per heavy atom. The number of nitrogens with one attached hydrogen (secondary N) is 1. The Balaban J connectivity index is 2.10. The van der Waals surface area contributed by atoms with Crippen LogP contribution in [0.4, 0.5) is 4.79 Å². The number of esters is 2. The van der Waals surface area contributed by atoms with Gasteiger partial charge in [-0.15, -0.1) is 0 Å². The second-order valence-electron chi connectivity index (χ2n) is 7.58. The quantitative estimate of drug-likeness (QED) is 0.356. The van der Waals surface area contributed by atoms with Gasteiger partial charge in [-0.3, -0.25) is 19.3 Å². The number of nitrogens with zero attached hydrogens (tertiary/aromatic N) is 1. The molecule has 3 atom stereocenters. The lowest BCUT2D eigenvalue weighted by molar-refractivity contribution is -0.160. The lowest BCUT2D eigenvalue weighted by Gasteiger charge is -2.27. The summed E-state index contributed by atoms with van der Waals surface area (Å²) in [5.41, 5.74) is 0.776. The van der Waals surface area contributed by atoms with Crippen LogP contribution in [0, 0.1) is 5.92 Å². The molecule has 2 amide bonds. The monoisotopic (exact) mass is 478 g/mol. The molecule has 1 aliphatic rings. The normalized spacial score (nSPS) is 16.8. The number of likely N-dealkylation sites (tertiary alicyclic amines) is 1. The fourth-order valence-corrected chi connectivity index (χ4v) is 3.63. The number of aliphatic carboxylic acids is 1. The molecule has 2 N–H and O–H groups in total. The molecule has 0 aromatic heterocycles. The van der Waals surface area contributed by atoms with E-state index in [4.69, 9.17) is 14.2 Å². The highest BCUT2D eigenvalue weighted by molar-refractivity contribution is 5.93. The Labute approximate surface area is 197 Å². The summed E-state index contributed by atoms with van der Waals surface area (Å²) in [6.45, 7) is 3.38. The van der Waals surface area contributed by atoms with Gasteiger partial charge in [-0.2, -0.15) is 0 Å². The number of carboxylic acid groups (broad SMARTS) is 1. The van der Waals surface area contributed by atoms with E-state index in [0.717, 1.165) is 5.56 Å². The van der Waals surface area contributed by atoms with Crippen LogP contribution in [-0.4, -0.2) is 71.8 Å². The van der Waals surface area contributed by atoms with Gasteiger partial charge in [0, 0.05) is 6.54 Å². The second kappa shape index (κ2) is 13.2. The van der Waals surface area contributed by atoms with Crippen LogP contribution in [0.3, 0.4) is 0 Å². The third-order valence-electron chi connectivity index (χ3n) is 5.24. The standard InChI is InChI=1S/C23H30N2O9/c1-3-32-18(26)13-16(22(30)33-4-2)19(21(28)29)24-20(27)17-11-8-12-25(17)23(31)34-14-15-9-6-5-7-10-15/h5-7,9-10,16-17,19H,3-4,8,11-14H2,1-2H3,(H,24,27)(H,28,29)/t16-,17-,19+/m1/s1. The number of amides is 2. The number of ether oxygens (including phenoxy) is 3. The molecular formula is C23H30N2O9. The van der Waals surface area contributed by atoms with Crippen LogP contribution in [0.15, 0.2) is 30.3 Å². The predicted molar refractivity (Wildman–Crippen MR) is 117 cm³/mol.